The van der Waals surface area contributed by atoms with Crippen molar-refractivity contribution in [2.24, 2.45) is 0 Å². The topological polar surface area (TPSA) is 116 Å². The Morgan fingerprint density at radius 1 is 1.07 bits per heavy atom. The third kappa shape index (κ3) is 5.32. The minimum Gasteiger partial charge on any atom is -0.348 e. The normalized spacial score (nSPS) is 20.9. The molecule has 6 rings (SSSR count). The van der Waals surface area contributed by atoms with Crippen LogP contribution in [-0.2, 0) is 16.6 Å². The average molecular weight is 589 g/mol. The molecule has 3 aromatic rings. The predicted octanol–water partition coefficient (Wildman–Crippen LogP) is 2.25. The number of carbonyl (C=O) groups is 1. The second-order valence-electron chi connectivity index (χ2n) is 10.7. The number of anilines is 1. The summed E-state index contributed by atoms with van der Waals surface area (Å²) in [5.41, 5.74) is 1.80. The molecule has 1 aromatic carbocycles. The van der Waals surface area contributed by atoms with Crippen LogP contribution in [0.4, 0.5) is 14.3 Å². The zero-order valence-electron chi connectivity index (χ0n) is 22.3. The first kappa shape index (κ1) is 27.1. The minimum atomic E-state index is -3.64. The van der Waals surface area contributed by atoms with Gasteiger partial charge in [-0.15, -0.1) is 0 Å². The van der Waals surface area contributed by atoms with Crippen LogP contribution >= 0.6 is 11.3 Å². The van der Waals surface area contributed by atoms with Crippen LogP contribution in [0, 0.1) is 5.82 Å². The van der Waals surface area contributed by atoms with Gasteiger partial charge in [-0.3, -0.25) is 4.90 Å². The van der Waals surface area contributed by atoms with E-state index in [2.05, 4.69) is 41.9 Å². The van der Waals surface area contributed by atoms with Crippen molar-refractivity contribution in [3.63, 3.8) is 0 Å². The van der Waals surface area contributed by atoms with Gasteiger partial charge in [0.1, 0.15) is 5.82 Å². The second kappa shape index (κ2) is 10.7. The Kier molecular flexibility index (Phi) is 7.27. The maximum Gasteiger partial charge on any atom is 0.315 e. The third-order valence-corrected chi connectivity index (χ3v) is 11.6. The number of hydrogen-bond acceptors (Lipinski definition) is 8. The molecule has 1 spiro atoms. The van der Waals surface area contributed by atoms with E-state index in [9.17, 15) is 17.6 Å². The number of halogens is 1. The van der Waals surface area contributed by atoms with Crippen molar-refractivity contribution in [2.75, 3.05) is 50.7 Å². The zero-order chi connectivity index (χ0) is 27.9. The fraction of sp³-hybridized carbons (Fsp3) is 0.500. The lowest BCUT2D eigenvalue weighted by Gasteiger charge is -2.38. The van der Waals surface area contributed by atoms with Crippen molar-refractivity contribution in [1.29, 1.82) is 0 Å². The summed E-state index contributed by atoms with van der Waals surface area (Å²) in [7, 11) is -3.64. The quantitative estimate of drug-likeness (QED) is 0.435. The molecule has 2 aromatic heterocycles. The number of carbonyl (C=O) groups excluding carboxylic acids is 1. The Labute approximate surface area is 237 Å². The van der Waals surface area contributed by atoms with Crippen molar-refractivity contribution in [3.8, 4) is 0 Å². The molecule has 3 saturated heterocycles. The molecule has 5 heterocycles. The number of nitrogens with zero attached hydrogens (tertiary/aromatic N) is 6. The van der Waals surface area contributed by atoms with Gasteiger partial charge in [0, 0.05) is 58.6 Å². The molecule has 3 aliphatic heterocycles. The maximum absolute atomic E-state index is 13.4. The Morgan fingerprint density at radius 3 is 2.48 bits per heavy atom. The number of piperazine rings is 1. The van der Waals surface area contributed by atoms with Crippen LogP contribution in [0.25, 0.3) is 0 Å². The molecule has 11 nitrogen and oxygen atoms in total. The number of aromatic nitrogens is 3. The lowest BCUT2D eigenvalue weighted by atomic mass is 9.89. The Balaban J connectivity index is 1.05. The average Bonchev–Trinajstić information content (AvgIpc) is 3.71. The second-order valence-corrected chi connectivity index (χ2v) is 13.9. The number of sulfonamides is 1. The predicted molar refractivity (Wildman–Crippen MR) is 149 cm³/mol. The standard InChI is InChI=1S/C26H33FN8O3S2/c1-19(20-2-4-21(27)5-3-20)35-18-28-14-22(35)16-32-10-12-34(13-11-32)40(37,38)23-15-29-25(39-23)33-8-6-26(7-9-33)17-30-24(36)31-26/h2-5,14-15,18-19H,6-13,16-17H2,1H3,(H2,30,31,36)/t19-/m1/s1. The summed E-state index contributed by atoms with van der Waals surface area (Å²) in [5, 5.41) is 6.57. The van der Waals surface area contributed by atoms with Crippen molar-refractivity contribution in [2.45, 2.75) is 42.1 Å². The van der Waals surface area contributed by atoms with Gasteiger partial charge < -0.3 is 20.1 Å². The first-order valence-corrected chi connectivity index (χ1v) is 15.7. The van der Waals surface area contributed by atoms with Gasteiger partial charge in [-0.1, -0.05) is 23.5 Å². The lowest BCUT2D eigenvalue weighted by molar-refractivity contribution is 0.178. The van der Waals surface area contributed by atoms with E-state index < -0.39 is 10.0 Å². The summed E-state index contributed by atoms with van der Waals surface area (Å²) in [6.45, 7) is 6.76. The molecule has 214 valence electrons. The number of piperidine rings is 1. The van der Waals surface area contributed by atoms with Crippen molar-refractivity contribution >= 4 is 32.5 Å². The maximum atomic E-state index is 13.4. The van der Waals surface area contributed by atoms with Gasteiger partial charge in [0.05, 0.1) is 29.8 Å². The number of urea groups is 1. The van der Waals surface area contributed by atoms with Gasteiger partial charge >= 0.3 is 6.03 Å². The molecule has 0 unspecified atom stereocenters. The molecule has 3 aliphatic rings. The van der Waals surface area contributed by atoms with Crippen LogP contribution in [0.3, 0.4) is 0 Å². The molecule has 3 fully saturated rings. The van der Waals surface area contributed by atoms with Crippen LogP contribution in [0.15, 0.2) is 47.2 Å². The van der Waals surface area contributed by atoms with Crippen LogP contribution < -0.4 is 15.5 Å². The molecule has 2 amide bonds. The third-order valence-electron chi connectivity index (χ3n) is 8.26. The summed E-state index contributed by atoms with van der Waals surface area (Å²) in [5.74, 6) is -0.262. The molecule has 0 aliphatic carbocycles. The number of benzene rings is 1. The smallest absolute Gasteiger partial charge is 0.315 e. The highest BCUT2D eigenvalue weighted by Crippen LogP contribution is 2.33. The van der Waals surface area contributed by atoms with E-state index in [4.69, 9.17) is 0 Å². The molecule has 1 atom stereocenters. The summed E-state index contributed by atoms with van der Waals surface area (Å²) < 4.78 is 44.1. The summed E-state index contributed by atoms with van der Waals surface area (Å²) in [6, 6.07) is 6.37. The molecular weight excluding hydrogens is 555 g/mol. The van der Waals surface area contributed by atoms with E-state index in [0.29, 0.717) is 57.5 Å². The van der Waals surface area contributed by atoms with E-state index >= 15 is 0 Å². The molecule has 14 heteroatoms. The Hall–Kier alpha value is -3.07. The zero-order valence-corrected chi connectivity index (χ0v) is 23.9. The van der Waals surface area contributed by atoms with Gasteiger partial charge in [-0.05, 0) is 37.5 Å². The highest BCUT2D eigenvalue weighted by atomic mass is 32.2. The molecule has 2 N–H and O–H groups in total. The van der Waals surface area contributed by atoms with Gasteiger partial charge in [0.15, 0.2) is 9.34 Å². The Morgan fingerprint density at radius 2 is 1.80 bits per heavy atom. The fourth-order valence-electron chi connectivity index (χ4n) is 5.71. The Bertz CT molecular complexity index is 1460. The first-order chi connectivity index (χ1) is 19.2. The van der Waals surface area contributed by atoms with Crippen LogP contribution in [0.1, 0.15) is 37.1 Å². The van der Waals surface area contributed by atoms with E-state index in [-0.39, 0.29) is 27.6 Å². The van der Waals surface area contributed by atoms with Gasteiger partial charge in [-0.2, -0.15) is 4.31 Å². The first-order valence-electron chi connectivity index (χ1n) is 13.5. The molecule has 0 saturated carbocycles. The highest BCUT2D eigenvalue weighted by molar-refractivity contribution is 7.91. The number of rotatable bonds is 7. The van der Waals surface area contributed by atoms with E-state index in [1.165, 1.54) is 29.7 Å². The number of nitrogens with one attached hydrogen (secondary N) is 2. The van der Waals surface area contributed by atoms with Crippen molar-refractivity contribution < 1.29 is 17.6 Å². The molecule has 40 heavy (non-hydrogen) atoms. The van der Waals surface area contributed by atoms with Gasteiger partial charge in [0.25, 0.3) is 10.0 Å². The van der Waals surface area contributed by atoms with Gasteiger partial charge in [-0.25, -0.2) is 27.6 Å². The van der Waals surface area contributed by atoms with Crippen molar-refractivity contribution in [1.82, 2.24) is 34.4 Å². The monoisotopic (exact) mass is 588 g/mol. The summed E-state index contributed by atoms with van der Waals surface area (Å²) >= 11 is 1.21. The molecule has 0 radical (unpaired) electrons. The van der Waals surface area contributed by atoms with Crippen LogP contribution in [0.2, 0.25) is 0 Å². The number of thiazole rings is 1. The van der Waals surface area contributed by atoms with Gasteiger partial charge in [0.2, 0.25) is 0 Å². The fourth-order valence-corrected chi connectivity index (χ4v) is 8.46. The number of imidazole rings is 1. The highest BCUT2D eigenvalue weighted by Gasteiger charge is 2.41. The van der Waals surface area contributed by atoms with Crippen LogP contribution in [-0.4, -0.2) is 89.5 Å². The summed E-state index contributed by atoms with van der Waals surface area (Å²) in [6.07, 6.45) is 6.67. The minimum absolute atomic E-state index is 0.000635. The number of hydrogen-bond donors (Lipinski definition) is 2. The molecular formula is C26H33FN8O3S2. The SMILES string of the molecule is C[C@H](c1ccc(F)cc1)n1cncc1CN1CCN(S(=O)(=O)c2cnc(N3CCC4(CC3)CNC(=O)N4)s2)CC1. The van der Waals surface area contributed by atoms with E-state index in [1.54, 1.807) is 22.8 Å². The summed E-state index contributed by atoms with van der Waals surface area (Å²) in [4.78, 5) is 24.7. The molecule has 0 bridgehead atoms. The van der Waals surface area contributed by atoms with Crippen molar-refractivity contribution in [3.05, 3.63) is 60.1 Å². The van der Waals surface area contributed by atoms with E-state index in [1.807, 2.05) is 6.20 Å². The number of amides is 2. The van der Waals surface area contributed by atoms with Crippen LogP contribution in [0.5, 0.6) is 0 Å². The largest absolute Gasteiger partial charge is 0.348 e. The lowest BCUT2D eigenvalue weighted by Crippen LogP contribution is -2.52. The van der Waals surface area contributed by atoms with E-state index in [0.717, 1.165) is 24.1 Å².